The molecular weight excluding hydrogens is 376 g/mol. The SMILES string of the molecule is CC(NCC1CCCN(C(=O)OC(C)(C)C)C1)c1ccc(Br)s1. The number of nitrogens with zero attached hydrogens (tertiary/aromatic N) is 1. The first-order valence-corrected chi connectivity index (χ1v) is 9.82. The summed E-state index contributed by atoms with van der Waals surface area (Å²) in [6.07, 6.45) is 2.02. The van der Waals surface area contributed by atoms with Crippen molar-refractivity contribution in [1.29, 1.82) is 0 Å². The van der Waals surface area contributed by atoms with Gasteiger partial charge in [0.1, 0.15) is 5.60 Å². The molecule has 0 spiro atoms. The number of nitrogens with one attached hydrogen (secondary N) is 1. The highest BCUT2D eigenvalue weighted by Gasteiger charge is 2.27. The smallest absolute Gasteiger partial charge is 0.410 e. The molecule has 6 heteroatoms. The summed E-state index contributed by atoms with van der Waals surface area (Å²) in [5.41, 5.74) is -0.427. The third-order valence-electron chi connectivity index (χ3n) is 3.90. The van der Waals surface area contributed by atoms with Crippen molar-refractivity contribution in [2.45, 2.75) is 52.2 Å². The molecule has 1 amide bonds. The van der Waals surface area contributed by atoms with Crippen LogP contribution in [0.3, 0.4) is 0 Å². The third kappa shape index (κ3) is 6.08. The Bertz CT molecular complexity index is 527. The van der Waals surface area contributed by atoms with Gasteiger partial charge in [-0.3, -0.25) is 0 Å². The Balaban J connectivity index is 1.81. The second kappa shape index (κ2) is 7.99. The summed E-state index contributed by atoms with van der Waals surface area (Å²) in [5, 5.41) is 3.60. The number of amides is 1. The van der Waals surface area contributed by atoms with Crippen molar-refractivity contribution in [2.24, 2.45) is 5.92 Å². The van der Waals surface area contributed by atoms with Gasteiger partial charge in [-0.1, -0.05) is 0 Å². The molecule has 0 aliphatic carbocycles. The Kier molecular flexibility index (Phi) is 6.51. The average molecular weight is 403 g/mol. The van der Waals surface area contributed by atoms with Crippen molar-refractivity contribution in [1.82, 2.24) is 10.2 Å². The van der Waals surface area contributed by atoms with Gasteiger partial charge in [-0.05, 0) is 74.5 Å². The van der Waals surface area contributed by atoms with E-state index in [2.05, 4.69) is 40.3 Å². The number of hydrogen-bond acceptors (Lipinski definition) is 4. The predicted octanol–water partition coefficient (Wildman–Crippen LogP) is 4.81. The number of ether oxygens (including phenoxy) is 1. The van der Waals surface area contributed by atoms with Crippen molar-refractivity contribution in [2.75, 3.05) is 19.6 Å². The Morgan fingerprint density at radius 3 is 2.87 bits per heavy atom. The van der Waals surface area contributed by atoms with E-state index in [9.17, 15) is 4.79 Å². The number of hydrogen-bond donors (Lipinski definition) is 1. The van der Waals surface area contributed by atoms with Gasteiger partial charge < -0.3 is 15.0 Å². The molecule has 0 radical (unpaired) electrons. The second-order valence-corrected chi connectivity index (χ2v) is 9.70. The lowest BCUT2D eigenvalue weighted by atomic mass is 9.98. The van der Waals surface area contributed by atoms with E-state index < -0.39 is 5.60 Å². The molecule has 1 aromatic heterocycles. The van der Waals surface area contributed by atoms with Crippen LogP contribution in [0.5, 0.6) is 0 Å². The largest absolute Gasteiger partial charge is 0.444 e. The summed E-state index contributed by atoms with van der Waals surface area (Å²) in [4.78, 5) is 15.4. The number of piperidine rings is 1. The standard InChI is InChI=1S/C17H27BrN2O2S/c1-12(14-7-8-15(18)23-14)19-10-13-6-5-9-20(11-13)16(21)22-17(2,3)4/h7-8,12-13,19H,5-6,9-11H2,1-4H3. The molecule has 0 bridgehead atoms. The quantitative estimate of drug-likeness (QED) is 0.785. The van der Waals surface area contributed by atoms with Gasteiger partial charge >= 0.3 is 6.09 Å². The number of carbonyl (C=O) groups is 1. The summed E-state index contributed by atoms with van der Waals surface area (Å²) in [6, 6.07) is 4.58. The summed E-state index contributed by atoms with van der Waals surface area (Å²) in [6.45, 7) is 10.4. The average Bonchev–Trinajstić information content (AvgIpc) is 2.90. The Hall–Kier alpha value is -0.590. The fraction of sp³-hybridized carbons (Fsp3) is 0.706. The van der Waals surface area contributed by atoms with Gasteiger partial charge in [0.05, 0.1) is 3.79 Å². The lowest BCUT2D eigenvalue weighted by Crippen LogP contribution is -2.45. The van der Waals surface area contributed by atoms with Crippen LogP contribution in [0.25, 0.3) is 0 Å². The summed E-state index contributed by atoms with van der Waals surface area (Å²) >= 11 is 5.27. The summed E-state index contributed by atoms with van der Waals surface area (Å²) < 4.78 is 6.65. The molecule has 1 N–H and O–H groups in total. The van der Waals surface area contributed by atoms with Crippen LogP contribution in [-0.4, -0.2) is 36.2 Å². The molecule has 2 rings (SSSR count). The molecule has 0 saturated carbocycles. The van der Waals surface area contributed by atoms with E-state index in [1.54, 1.807) is 11.3 Å². The molecule has 1 aromatic rings. The molecule has 23 heavy (non-hydrogen) atoms. The van der Waals surface area contributed by atoms with Crippen molar-refractivity contribution in [3.05, 3.63) is 20.8 Å². The molecule has 1 aliphatic heterocycles. The van der Waals surface area contributed by atoms with Crippen molar-refractivity contribution >= 4 is 33.4 Å². The van der Waals surface area contributed by atoms with Gasteiger partial charge in [0.15, 0.2) is 0 Å². The molecule has 2 atom stereocenters. The third-order valence-corrected chi connectivity index (χ3v) is 5.71. The fourth-order valence-corrected chi connectivity index (χ4v) is 4.18. The molecule has 4 nitrogen and oxygen atoms in total. The lowest BCUT2D eigenvalue weighted by molar-refractivity contribution is 0.0165. The highest BCUT2D eigenvalue weighted by atomic mass is 79.9. The van der Waals surface area contributed by atoms with Gasteiger partial charge in [0.2, 0.25) is 0 Å². The second-order valence-electron chi connectivity index (χ2n) is 7.21. The number of likely N-dealkylation sites (tertiary alicyclic amines) is 1. The van der Waals surface area contributed by atoms with Gasteiger partial charge in [0, 0.05) is 30.6 Å². The van der Waals surface area contributed by atoms with Crippen LogP contribution in [0.2, 0.25) is 0 Å². The Morgan fingerprint density at radius 2 is 2.26 bits per heavy atom. The van der Waals surface area contributed by atoms with Crippen molar-refractivity contribution < 1.29 is 9.53 Å². The first-order valence-electron chi connectivity index (χ1n) is 8.21. The molecule has 1 fully saturated rings. The number of carbonyl (C=O) groups excluding carboxylic acids is 1. The minimum absolute atomic E-state index is 0.183. The molecular formula is C17H27BrN2O2S. The number of rotatable bonds is 4. The maximum atomic E-state index is 12.2. The number of thiophene rings is 1. The minimum atomic E-state index is -0.427. The van der Waals surface area contributed by atoms with E-state index >= 15 is 0 Å². The maximum absolute atomic E-state index is 12.2. The highest BCUT2D eigenvalue weighted by Crippen LogP contribution is 2.27. The van der Waals surface area contributed by atoms with Crippen LogP contribution >= 0.6 is 27.3 Å². The van der Waals surface area contributed by atoms with E-state index in [1.807, 2.05) is 25.7 Å². The Labute approximate surface area is 151 Å². The number of halogens is 1. The lowest BCUT2D eigenvalue weighted by Gasteiger charge is -2.34. The molecule has 1 aliphatic rings. The first kappa shape index (κ1) is 18.7. The molecule has 130 valence electrons. The zero-order valence-corrected chi connectivity index (χ0v) is 16.8. The predicted molar refractivity (Wildman–Crippen MR) is 99.0 cm³/mol. The summed E-state index contributed by atoms with van der Waals surface area (Å²) in [7, 11) is 0. The zero-order chi connectivity index (χ0) is 17.0. The van der Waals surface area contributed by atoms with E-state index in [1.165, 1.54) is 4.88 Å². The van der Waals surface area contributed by atoms with E-state index in [-0.39, 0.29) is 6.09 Å². The molecule has 1 saturated heterocycles. The van der Waals surface area contributed by atoms with Crippen LogP contribution in [-0.2, 0) is 4.74 Å². The van der Waals surface area contributed by atoms with Crippen LogP contribution in [0.1, 0.15) is 51.5 Å². The monoisotopic (exact) mass is 402 g/mol. The van der Waals surface area contributed by atoms with Crippen molar-refractivity contribution in [3.63, 3.8) is 0 Å². The molecule has 0 aromatic carbocycles. The highest BCUT2D eigenvalue weighted by molar-refractivity contribution is 9.11. The fourth-order valence-electron chi connectivity index (χ4n) is 2.73. The maximum Gasteiger partial charge on any atom is 0.410 e. The molecule has 2 heterocycles. The topological polar surface area (TPSA) is 41.6 Å². The van der Waals surface area contributed by atoms with Gasteiger partial charge in [0.25, 0.3) is 0 Å². The zero-order valence-electron chi connectivity index (χ0n) is 14.4. The van der Waals surface area contributed by atoms with E-state index in [0.29, 0.717) is 12.0 Å². The van der Waals surface area contributed by atoms with Crippen molar-refractivity contribution in [3.8, 4) is 0 Å². The van der Waals surface area contributed by atoms with Gasteiger partial charge in [-0.25, -0.2) is 4.79 Å². The van der Waals surface area contributed by atoms with E-state index in [0.717, 1.165) is 36.3 Å². The minimum Gasteiger partial charge on any atom is -0.444 e. The van der Waals surface area contributed by atoms with Crippen LogP contribution in [0.4, 0.5) is 4.79 Å². The molecule has 2 unspecified atom stereocenters. The first-order chi connectivity index (χ1) is 10.7. The Morgan fingerprint density at radius 1 is 1.52 bits per heavy atom. The summed E-state index contributed by atoms with van der Waals surface area (Å²) in [5.74, 6) is 0.488. The van der Waals surface area contributed by atoms with Gasteiger partial charge in [-0.2, -0.15) is 0 Å². The van der Waals surface area contributed by atoms with E-state index in [4.69, 9.17) is 4.74 Å². The normalized spacial score (nSPS) is 20.4. The van der Waals surface area contributed by atoms with Crippen LogP contribution in [0.15, 0.2) is 15.9 Å². The van der Waals surface area contributed by atoms with Crippen LogP contribution < -0.4 is 5.32 Å². The van der Waals surface area contributed by atoms with Crippen LogP contribution in [0, 0.1) is 5.92 Å². The van der Waals surface area contributed by atoms with Gasteiger partial charge in [-0.15, -0.1) is 11.3 Å².